The number of ether oxygens (including phenoxy) is 3. The molecule has 2 aliphatic rings. The maximum atomic E-state index is 13.2. The van der Waals surface area contributed by atoms with Gasteiger partial charge in [-0.15, -0.1) is 0 Å². The number of likely N-dealkylation sites (N-methyl/N-ethyl adjacent to an activating group) is 1. The Kier molecular flexibility index (Phi) is 9.86. The number of carbonyl (C=O) groups is 3. The zero-order valence-electron chi connectivity index (χ0n) is 21.5. The summed E-state index contributed by atoms with van der Waals surface area (Å²) >= 11 is 3.30. The molecule has 0 aliphatic carbocycles. The van der Waals surface area contributed by atoms with Crippen LogP contribution >= 0.6 is 34.4 Å². The second kappa shape index (κ2) is 13.3. The van der Waals surface area contributed by atoms with Crippen molar-refractivity contribution in [1.29, 1.82) is 0 Å². The van der Waals surface area contributed by atoms with E-state index in [0.29, 0.717) is 81.4 Å². The molecular weight excluding hydrogens is 637 g/mol. The maximum Gasteiger partial charge on any atom is 0.341 e. The first-order valence-corrected chi connectivity index (χ1v) is 14.3. The first kappa shape index (κ1) is 28.9. The Balaban J connectivity index is 1.60. The predicted molar refractivity (Wildman–Crippen MR) is 157 cm³/mol. The molecule has 0 spiro atoms. The Morgan fingerprint density at radius 1 is 1.18 bits per heavy atom. The van der Waals surface area contributed by atoms with E-state index in [-0.39, 0.29) is 11.8 Å². The van der Waals surface area contributed by atoms with Crippen molar-refractivity contribution in [2.45, 2.75) is 13.8 Å². The van der Waals surface area contributed by atoms with Gasteiger partial charge in [0, 0.05) is 25.2 Å². The summed E-state index contributed by atoms with van der Waals surface area (Å²) in [7, 11) is 0. The van der Waals surface area contributed by atoms with E-state index in [9.17, 15) is 14.4 Å². The summed E-state index contributed by atoms with van der Waals surface area (Å²) in [4.78, 5) is 45.6. The number of hydrogen-bond acceptors (Lipinski definition) is 8. The number of morpholine rings is 1. The van der Waals surface area contributed by atoms with Crippen molar-refractivity contribution in [2.75, 3.05) is 46.1 Å². The van der Waals surface area contributed by atoms with Crippen LogP contribution in [0.3, 0.4) is 0 Å². The SMILES string of the molecule is CCOc1cc(/C=C2/SC(=Nc3cccc(C(=O)N4CCOCC4)c3)N(CC)C2=O)cc(I)c1OCC(=O)O. The normalized spacial score (nSPS) is 17.7. The third-order valence-corrected chi connectivity index (χ3v) is 7.60. The number of halogens is 1. The number of hydrogen-bond donors (Lipinski definition) is 1. The van der Waals surface area contributed by atoms with Crippen molar-refractivity contribution >= 4 is 69.1 Å². The molecule has 39 heavy (non-hydrogen) atoms. The number of amidine groups is 1. The number of rotatable bonds is 9. The number of thioether (sulfide) groups is 1. The van der Waals surface area contributed by atoms with Gasteiger partial charge in [0.1, 0.15) is 0 Å². The number of aliphatic imine (C=N–C) groups is 1. The van der Waals surface area contributed by atoms with Crippen LogP contribution in [0.4, 0.5) is 5.69 Å². The Hall–Kier alpha value is -3.10. The van der Waals surface area contributed by atoms with E-state index < -0.39 is 12.6 Å². The predicted octanol–water partition coefficient (Wildman–Crippen LogP) is 4.25. The zero-order valence-corrected chi connectivity index (χ0v) is 24.5. The van der Waals surface area contributed by atoms with Crippen LogP contribution in [0.2, 0.25) is 0 Å². The highest BCUT2D eigenvalue weighted by molar-refractivity contribution is 14.1. The van der Waals surface area contributed by atoms with Crippen molar-refractivity contribution in [2.24, 2.45) is 4.99 Å². The minimum atomic E-state index is -1.09. The average Bonchev–Trinajstić information content (AvgIpc) is 3.21. The molecule has 0 atom stereocenters. The summed E-state index contributed by atoms with van der Waals surface area (Å²) in [6.07, 6.45) is 1.75. The van der Waals surface area contributed by atoms with Gasteiger partial charge >= 0.3 is 5.97 Å². The lowest BCUT2D eigenvalue weighted by Crippen LogP contribution is -2.40. The largest absolute Gasteiger partial charge is 0.490 e. The first-order chi connectivity index (χ1) is 18.8. The highest BCUT2D eigenvalue weighted by Gasteiger charge is 2.32. The summed E-state index contributed by atoms with van der Waals surface area (Å²) in [5, 5.41) is 9.50. The Labute approximate surface area is 244 Å². The molecule has 12 heteroatoms. The molecule has 2 fully saturated rings. The topological polar surface area (TPSA) is 118 Å². The highest BCUT2D eigenvalue weighted by Crippen LogP contribution is 2.38. The second-order valence-corrected chi connectivity index (χ2v) is 10.6. The van der Waals surface area contributed by atoms with Crippen LogP contribution in [0.5, 0.6) is 11.5 Å². The van der Waals surface area contributed by atoms with Crippen molar-refractivity contribution in [3.8, 4) is 11.5 Å². The zero-order chi connectivity index (χ0) is 27.9. The van der Waals surface area contributed by atoms with Gasteiger partial charge < -0.3 is 24.2 Å². The van der Waals surface area contributed by atoms with E-state index in [1.165, 1.54) is 11.8 Å². The molecule has 2 aromatic rings. The van der Waals surface area contributed by atoms with Crippen LogP contribution in [-0.2, 0) is 14.3 Å². The van der Waals surface area contributed by atoms with Crippen LogP contribution in [-0.4, -0.2) is 83.9 Å². The molecule has 2 heterocycles. The molecule has 0 saturated carbocycles. The molecule has 0 bridgehead atoms. The molecule has 206 valence electrons. The monoisotopic (exact) mass is 665 g/mol. The lowest BCUT2D eigenvalue weighted by molar-refractivity contribution is -0.139. The molecule has 10 nitrogen and oxygen atoms in total. The molecule has 4 rings (SSSR count). The molecule has 0 unspecified atom stereocenters. The Bertz CT molecular complexity index is 1320. The van der Waals surface area contributed by atoms with Crippen molar-refractivity contribution in [3.05, 3.63) is 56.0 Å². The van der Waals surface area contributed by atoms with E-state index >= 15 is 0 Å². The highest BCUT2D eigenvalue weighted by atomic mass is 127. The smallest absolute Gasteiger partial charge is 0.341 e. The van der Waals surface area contributed by atoms with Gasteiger partial charge in [-0.1, -0.05) is 6.07 Å². The van der Waals surface area contributed by atoms with Gasteiger partial charge in [0.05, 0.1) is 34.0 Å². The molecule has 2 amide bonds. The summed E-state index contributed by atoms with van der Waals surface area (Å²) in [6, 6.07) is 10.6. The van der Waals surface area contributed by atoms with Crippen LogP contribution in [0.25, 0.3) is 6.08 Å². The standard InChI is InChI=1S/C27H28IN3O7S/c1-3-31-26(35)22(14-17-12-20(28)24(38-16-23(32)33)21(13-17)37-4-2)39-27(31)29-19-7-5-6-18(15-19)25(34)30-8-10-36-11-9-30/h5-7,12-15H,3-4,8-11,16H2,1-2H3,(H,32,33)/b22-14+,29-27?. The Morgan fingerprint density at radius 2 is 1.95 bits per heavy atom. The van der Waals surface area contributed by atoms with Gasteiger partial charge in [-0.05, 0) is 90.2 Å². The molecule has 0 aromatic heterocycles. The molecular formula is C27H28IN3O7S. The molecule has 2 aliphatic heterocycles. The fraction of sp³-hybridized carbons (Fsp3) is 0.333. The first-order valence-electron chi connectivity index (χ1n) is 12.4. The van der Waals surface area contributed by atoms with Gasteiger partial charge in [-0.25, -0.2) is 9.79 Å². The fourth-order valence-electron chi connectivity index (χ4n) is 4.00. The Morgan fingerprint density at radius 3 is 2.64 bits per heavy atom. The van der Waals surface area contributed by atoms with Gasteiger partial charge in [0.2, 0.25) is 0 Å². The van der Waals surface area contributed by atoms with Gasteiger partial charge in [0.25, 0.3) is 11.8 Å². The summed E-state index contributed by atoms with van der Waals surface area (Å²) in [5.41, 5.74) is 1.82. The summed E-state index contributed by atoms with van der Waals surface area (Å²) in [5.74, 6) is -0.595. The average molecular weight is 666 g/mol. The number of benzene rings is 2. The minimum absolute atomic E-state index is 0.0704. The van der Waals surface area contributed by atoms with E-state index in [1.807, 2.05) is 13.8 Å². The minimum Gasteiger partial charge on any atom is -0.490 e. The number of carboxylic acids is 1. The number of carbonyl (C=O) groups excluding carboxylic acids is 2. The molecule has 2 saturated heterocycles. The molecule has 2 aromatic carbocycles. The fourth-order valence-corrected chi connectivity index (χ4v) is 5.84. The maximum absolute atomic E-state index is 13.2. The number of carboxylic acid groups (broad SMARTS) is 1. The lowest BCUT2D eigenvalue weighted by Gasteiger charge is -2.26. The molecule has 1 N–H and O–H groups in total. The van der Waals surface area contributed by atoms with E-state index in [2.05, 4.69) is 22.6 Å². The van der Waals surface area contributed by atoms with Gasteiger partial charge in [-0.3, -0.25) is 14.5 Å². The molecule has 0 radical (unpaired) electrons. The number of amides is 2. The quantitative estimate of drug-likeness (QED) is 0.312. The number of nitrogens with zero attached hydrogens (tertiary/aromatic N) is 3. The summed E-state index contributed by atoms with van der Waals surface area (Å²) in [6.45, 7) is 6.15. The summed E-state index contributed by atoms with van der Waals surface area (Å²) < 4.78 is 17.1. The van der Waals surface area contributed by atoms with E-state index in [1.54, 1.807) is 52.3 Å². The third kappa shape index (κ3) is 7.11. The van der Waals surface area contributed by atoms with Crippen LogP contribution in [0.1, 0.15) is 29.8 Å². The van der Waals surface area contributed by atoms with E-state index in [0.717, 1.165) is 0 Å². The van der Waals surface area contributed by atoms with E-state index in [4.69, 9.17) is 24.3 Å². The van der Waals surface area contributed by atoms with Gasteiger partial charge in [-0.2, -0.15) is 0 Å². The van der Waals surface area contributed by atoms with Crippen LogP contribution in [0.15, 0.2) is 46.3 Å². The second-order valence-electron chi connectivity index (χ2n) is 8.45. The van der Waals surface area contributed by atoms with Crippen molar-refractivity contribution in [3.63, 3.8) is 0 Å². The van der Waals surface area contributed by atoms with Crippen molar-refractivity contribution in [1.82, 2.24) is 9.80 Å². The van der Waals surface area contributed by atoms with Crippen LogP contribution < -0.4 is 9.47 Å². The van der Waals surface area contributed by atoms with Gasteiger partial charge in [0.15, 0.2) is 23.3 Å². The number of aliphatic carboxylic acids is 1. The lowest BCUT2D eigenvalue weighted by atomic mass is 10.1. The van der Waals surface area contributed by atoms with Crippen LogP contribution in [0, 0.1) is 3.57 Å². The van der Waals surface area contributed by atoms with Crippen molar-refractivity contribution < 1.29 is 33.7 Å². The third-order valence-electron chi connectivity index (χ3n) is 5.79.